The summed E-state index contributed by atoms with van der Waals surface area (Å²) in [4.78, 5) is 16.0. The second-order valence-electron chi connectivity index (χ2n) is 5.20. The van der Waals surface area contributed by atoms with E-state index in [9.17, 15) is 4.79 Å². The minimum atomic E-state index is -0.708. The molecule has 0 saturated carbocycles. The van der Waals surface area contributed by atoms with Crippen molar-refractivity contribution in [2.24, 2.45) is 0 Å². The van der Waals surface area contributed by atoms with Gasteiger partial charge in [-0.25, -0.2) is 9.78 Å². The van der Waals surface area contributed by atoms with Crippen LogP contribution in [0.3, 0.4) is 0 Å². The largest absolute Gasteiger partial charge is 0.449 e. The van der Waals surface area contributed by atoms with Crippen LogP contribution < -0.4 is 0 Å². The van der Waals surface area contributed by atoms with Crippen LogP contribution >= 0.6 is 11.6 Å². The van der Waals surface area contributed by atoms with Gasteiger partial charge in [0.15, 0.2) is 6.10 Å². The van der Waals surface area contributed by atoms with E-state index < -0.39 is 12.1 Å². The molecule has 0 N–H and O–H groups in total. The van der Waals surface area contributed by atoms with Crippen molar-refractivity contribution < 1.29 is 13.9 Å². The van der Waals surface area contributed by atoms with Gasteiger partial charge < -0.3 is 9.15 Å². The third-order valence-corrected chi connectivity index (χ3v) is 3.65. The van der Waals surface area contributed by atoms with Crippen LogP contribution in [0.25, 0.3) is 11.5 Å². The quantitative estimate of drug-likeness (QED) is 0.526. The molecule has 0 amide bonds. The van der Waals surface area contributed by atoms with E-state index in [0.717, 1.165) is 11.1 Å². The van der Waals surface area contributed by atoms with Crippen molar-refractivity contribution in [3.63, 3.8) is 0 Å². The molecule has 122 valence electrons. The Morgan fingerprint density at radius 1 is 1.21 bits per heavy atom. The lowest BCUT2D eigenvalue weighted by atomic mass is 10.1. The SMILES string of the molecule is Cc1ccc(-c2nnc(C(C)OC(=O)c3cccnc3Cl)o2)cc1. The number of carbonyl (C=O) groups excluding carboxylic acids is 1. The Bertz CT molecular complexity index is 862. The summed E-state index contributed by atoms with van der Waals surface area (Å²) in [6.45, 7) is 3.64. The molecule has 6 nitrogen and oxygen atoms in total. The standard InChI is InChI=1S/C17H14ClN3O3/c1-10-5-7-12(8-6-10)16-21-20-15(24-16)11(2)23-17(22)13-4-3-9-19-14(13)18/h3-9,11H,1-2H3. The van der Waals surface area contributed by atoms with E-state index in [-0.39, 0.29) is 16.6 Å². The summed E-state index contributed by atoms with van der Waals surface area (Å²) < 4.78 is 10.9. The van der Waals surface area contributed by atoms with Crippen LogP contribution in [0.1, 0.15) is 34.8 Å². The van der Waals surface area contributed by atoms with Crippen molar-refractivity contribution in [2.45, 2.75) is 20.0 Å². The van der Waals surface area contributed by atoms with Crippen molar-refractivity contribution in [3.8, 4) is 11.5 Å². The number of benzene rings is 1. The molecule has 3 rings (SSSR count). The predicted octanol–water partition coefficient (Wildman–Crippen LogP) is 4.01. The van der Waals surface area contributed by atoms with Crippen LogP contribution in [0.5, 0.6) is 0 Å². The molecule has 2 heterocycles. The number of pyridine rings is 1. The molecule has 0 aliphatic rings. The van der Waals surface area contributed by atoms with Gasteiger partial charge in [-0.3, -0.25) is 0 Å². The number of esters is 1. The topological polar surface area (TPSA) is 78.1 Å². The van der Waals surface area contributed by atoms with Crippen molar-refractivity contribution in [1.29, 1.82) is 0 Å². The molecule has 0 spiro atoms. The van der Waals surface area contributed by atoms with Crippen molar-refractivity contribution >= 4 is 17.6 Å². The second kappa shape index (κ2) is 6.80. The average molecular weight is 344 g/mol. The van der Waals surface area contributed by atoms with E-state index in [4.69, 9.17) is 20.8 Å². The number of aryl methyl sites for hydroxylation is 1. The Labute approximate surface area is 143 Å². The molecule has 0 aliphatic carbocycles. The van der Waals surface area contributed by atoms with E-state index in [1.807, 2.05) is 31.2 Å². The fourth-order valence-corrected chi connectivity index (χ4v) is 2.22. The second-order valence-corrected chi connectivity index (χ2v) is 5.56. The summed E-state index contributed by atoms with van der Waals surface area (Å²) >= 11 is 5.88. The normalized spacial score (nSPS) is 12.0. The highest BCUT2D eigenvalue weighted by molar-refractivity contribution is 6.32. The van der Waals surface area contributed by atoms with Gasteiger partial charge in [-0.1, -0.05) is 29.3 Å². The molecule has 0 aliphatic heterocycles. The zero-order valence-electron chi connectivity index (χ0n) is 13.1. The molecule has 0 saturated heterocycles. The molecular formula is C17H14ClN3O3. The predicted molar refractivity (Wildman–Crippen MR) is 87.5 cm³/mol. The molecule has 0 fully saturated rings. The highest BCUT2D eigenvalue weighted by Gasteiger charge is 2.21. The van der Waals surface area contributed by atoms with Crippen LogP contribution in [0.4, 0.5) is 0 Å². The smallest absolute Gasteiger partial charge is 0.342 e. The number of hydrogen-bond donors (Lipinski definition) is 0. The zero-order chi connectivity index (χ0) is 17.1. The van der Waals surface area contributed by atoms with Gasteiger partial charge in [0, 0.05) is 11.8 Å². The summed E-state index contributed by atoms with van der Waals surface area (Å²) in [5.74, 6) is -0.0260. The molecule has 7 heteroatoms. The van der Waals surface area contributed by atoms with Gasteiger partial charge in [-0.05, 0) is 38.1 Å². The van der Waals surface area contributed by atoms with E-state index in [2.05, 4.69) is 15.2 Å². The maximum absolute atomic E-state index is 12.1. The van der Waals surface area contributed by atoms with Gasteiger partial charge in [0.1, 0.15) is 5.15 Å². The number of hydrogen-bond acceptors (Lipinski definition) is 6. The van der Waals surface area contributed by atoms with Gasteiger partial charge in [-0.15, -0.1) is 10.2 Å². The number of nitrogens with zero attached hydrogens (tertiary/aromatic N) is 3. The average Bonchev–Trinajstić information content (AvgIpc) is 3.06. The summed E-state index contributed by atoms with van der Waals surface area (Å²) in [7, 11) is 0. The molecule has 24 heavy (non-hydrogen) atoms. The van der Waals surface area contributed by atoms with Crippen molar-refractivity contribution in [3.05, 3.63) is 64.8 Å². The van der Waals surface area contributed by atoms with Gasteiger partial charge in [0.25, 0.3) is 5.89 Å². The third kappa shape index (κ3) is 3.44. The first kappa shape index (κ1) is 16.1. The highest BCUT2D eigenvalue weighted by Crippen LogP contribution is 2.24. The Hall–Kier alpha value is -2.73. The summed E-state index contributed by atoms with van der Waals surface area (Å²) in [6, 6.07) is 10.8. The van der Waals surface area contributed by atoms with Crippen LogP contribution in [0.2, 0.25) is 5.15 Å². The molecule has 1 atom stereocenters. The Kier molecular flexibility index (Phi) is 4.57. The lowest BCUT2D eigenvalue weighted by Gasteiger charge is -2.09. The molecule has 3 aromatic rings. The molecule has 1 aromatic carbocycles. The minimum Gasteiger partial charge on any atom is -0.449 e. The monoisotopic (exact) mass is 343 g/mol. The summed E-state index contributed by atoms with van der Waals surface area (Å²) in [5.41, 5.74) is 2.12. The fourth-order valence-electron chi connectivity index (χ4n) is 2.02. The van der Waals surface area contributed by atoms with Crippen LogP contribution in [0.15, 0.2) is 47.0 Å². The van der Waals surface area contributed by atoms with Gasteiger partial charge in [-0.2, -0.15) is 0 Å². The molecule has 0 radical (unpaired) electrons. The van der Waals surface area contributed by atoms with E-state index in [0.29, 0.717) is 5.89 Å². The number of halogens is 1. The van der Waals surface area contributed by atoms with Gasteiger partial charge in [0.2, 0.25) is 5.89 Å². The molecule has 1 unspecified atom stereocenters. The first-order valence-electron chi connectivity index (χ1n) is 7.26. The first-order chi connectivity index (χ1) is 11.5. The number of rotatable bonds is 4. The van der Waals surface area contributed by atoms with Gasteiger partial charge >= 0.3 is 5.97 Å². The van der Waals surface area contributed by atoms with Crippen molar-refractivity contribution in [1.82, 2.24) is 15.2 Å². The third-order valence-electron chi connectivity index (χ3n) is 3.35. The first-order valence-corrected chi connectivity index (χ1v) is 7.64. The number of carbonyl (C=O) groups is 1. The molecular weight excluding hydrogens is 330 g/mol. The Morgan fingerprint density at radius 2 is 1.96 bits per heavy atom. The van der Waals surface area contributed by atoms with E-state index >= 15 is 0 Å². The van der Waals surface area contributed by atoms with Crippen LogP contribution in [-0.2, 0) is 4.74 Å². The van der Waals surface area contributed by atoms with Gasteiger partial charge in [0.05, 0.1) is 5.56 Å². The lowest BCUT2D eigenvalue weighted by Crippen LogP contribution is -2.10. The number of ether oxygens (including phenoxy) is 1. The Morgan fingerprint density at radius 3 is 2.67 bits per heavy atom. The summed E-state index contributed by atoms with van der Waals surface area (Å²) in [6.07, 6.45) is 0.787. The minimum absolute atomic E-state index is 0.0839. The van der Waals surface area contributed by atoms with E-state index in [1.54, 1.807) is 13.0 Å². The maximum Gasteiger partial charge on any atom is 0.342 e. The zero-order valence-corrected chi connectivity index (χ0v) is 13.8. The maximum atomic E-state index is 12.1. The number of aromatic nitrogens is 3. The lowest BCUT2D eigenvalue weighted by molar-refractivity contribution is 0.0279. The van der Waals surface area contributed by atoms with E-state index in [1.165, 1.54) is 12.3 Å². The fraction of sp³-hybridized carbons (Fsp3) is 0.176. The highest BCUT2D eigenvalue weighted by atomic mass is 35.5. The van der Waals surface area contributed by atoms with Crippen molar-refractivity contribution in [2.75, 3.05) is 0 Å². The molecule has 0 bridgehead atoms. The van der Waals surface area contributed by atoms with Crippen LogP contribution in [-0.4, -0.2) is 21.2 Å². The van der Waals surface area contributed by atoms with Crippen LogP contribution in [0, 0.1) is 6.92 Å². The summed E-state index contributed by atoms with van der Waals surface area (Å²) in [5, 5.41) is 8.01. The molecule has 2 aromatic heterocycles. The Balaban J connectivity index is 1.74.